The Morgan fingerprint density at radius 2 is 2.13 bits per heavy atom. The van der Waals surface area contributed by atoms with Crippen LogP contribution in [0.25, 0.3) is 0 Å². The monoisotopic (exact) mass is 206 g/mol. The Kier molecular flexibility index (Phi) is 3.75. The van der Waals surface area contributed by atoms with E-state index in [2.05, 4.69) is 19.1 Å². The summed E-state index contributed by atoms with van der Waals surface area (Å²) in [5.74, 6) is 0. The third kappa shape index (κ3) is 3.33. The van der Waals surface area contributed by atoms with E-state index in [1.807, 2.05) is 18.2 Å². The summed E-state index contributed by atoms with van der Waals surface area (Å²) >= 11 is 0. The van der Waals surface area contributed by atoms with E-state index in [0.717, 1.165) is 26.1 Å². The van der Waals surface area contributed by atoms with E-state index < -0.39 is 0 Å². The summed E-state index contributed by atoms with van der Waals surface area (Å²) in [6.07, 6.45) is 2.76. The van der Waals surface area contributed by atoms with Gasteiger partial charge in [-0.1, -0.05) is 30.3 Å². The number of hydrogen-bond acceptors (Lipinski definition) is 2. The average molecular weight is 206 g/mol. The molecule has 1 saturated heterocycles. The minimum Gasteiger partial charge on any atom is -0.378 e. The molecule has 0 N–H and O–H groups in total. The fraction of sp³-hybridized carbons (Fsp3) is 0.538. The van der Waals surface area contributed by atoms with E-state index in [4.69, 9.17) is 9.47 Å². The molecule has 1 aliphatic rings. The topological polar surface area (TPSA) is 18.5 Å². The highest BCUT2D eigenvalue weighted by molar-refractivity contribution is 5.13. The van der Waals surface area contributed by atoms with Gasteiger partial charge in [0.15, 0.2) is 0 Å². The minimum atomic E-state index is 0.347. The molecule has 0 aliphatic carbocycles. The van der Waals surface area contributed by atoms with Gasteiger partial charge in [0, 0.05) is 6.61 Å². The smallest absolute Gasteiger partial charge is 0.0720 e. The van der Waals surface area contributed by atoms with E-state index in [1.54, 1.807) is 0 Å². The van der Waals surface area contributed by atoms with E-state index in [0.29, 0.717) is 12.2 Å². The van der Waals surface area contributed by atoms with Crippen LogP contribution in [0.5, 0.6) is 0 Å². The van der Waals surface area contributed by atoms with Gasteiger partial charge in [0.25, 0.3) is 0 Å². The maximum Gasteiger partial charge on any atom is 0.0720 e. The van der Waals surface area contributed by atoms with Crippen LogP contribution < -0.4 is 0 Å². The highest BCUT2D eigenvalue weighted by Gasteiger charge is 2.19. The fourth-order valence-electron chi connectivity index (χ4n) is 1.90. The molecule has 2 unspecified atom stereocenters. The van der Waals surface area contributed by atoms with Crippen molar-refractivity contribution in [3.8, 4) is 0 Å². The largest absolute Gasteiger partial charge is 0.378 e. The highest BCUT2D eigenvalue weighted by Crippen LogP contribution is 2.17. The molecule has 82 valence electrons. The van der Waals surface area contributed by atoms with Crippen molar-refractivity contribution in [1.82, 2.24) is 0 Å². The second-order valence-corrected chi connectivity index (χ2v) is 4.12. The summed E-state index contributed by atoms with van der Waals surface area (Å²) in [7, 11) is 0. The first-order chi connectivity index (χ1) is 7.34. The van der Waals surface area contributed by atoms with Gasteiger partial charge >= 0.3 is 0 Å². The molecule has 0 bridgehead atoms. The van der Waals surface area contributed by atoms with Gasteiger partial charge in [-0.15, -0.1) is 0 Å². The second kappa shape index (κ2) is 5.29. The highest BCUT2D eigenvalue weighted by atomic mass is 16.5. The molecular weight excluding hydrogens is 188 g/mol. The molecule has 1 aromatic rings. The summed E-state index contributed by atoms with van der Waals surface area (Å²) in [4.78, 5) is 0. The third-order valence-corrected chi connectivity index (χ3v) is 2.77. The number of rotatable bonds is 3. The number of hydrogen-bond donors (Lipinski definition) is 0. The molecule has 2 atom stereocenters. The lowest BCUT2D eigenvalue weighted by atomic mass is 10.1. The summed E-state index contributed by atoms with van der Waals surface area (Å²) in [5.41, 5.74) is 1.25. The first-order valence-corrected chi connectivity index (χ1v) is 5.62. The van der Waals surface area contributed by atoms with Crippen molar-refractivity contribution >= 4 is 0 Å². The first-order valence-electron chi connectivity index (χ1n) is 5.62. The minimum absolute atomic E-state index is 0.347. The van der Waals surface area contributed by atoms with Crippen molar-refractivity contribution in [1.29, 1.82) is 0 Å². The molecule has 0 saturated carbocycles. The van der Waals surface area contributed by atoms with Crippen LogP contribution in [-0.2, 0) is 16.1 Å². The van der Waals surface area contributed by atoms with Gasteiger partial charge in [0.1, 0.15) is 0 Å². The van der Waals surface area contributed by atoms with Crippen molar-refractivity contribution in [3.63, 3.8) is 0 Å². The molecule has 0 radical (unpaired) electrons. The van der Waals surface area contributed by atoms with Crippen molar-refractivity contribution in [3.05, 3.63) is 35.9 Å². The second-order valence-electron chi connectivity index (χ2n) is 4.12. The van der Waals surface area contributed by atoms with E-state index >= 15 is 0 Å². The van der Waals surface area contributed by atoms with Gasteiger partial charge in [-0.2, -0.15) is 0 Å². The van der Waals surface area contributed by atoms with Crippen molar-refractivity contribution in [2.45, 2.75) is 38.6 Å². The van der Waals surface area contributed by atoms with Crippen molar-refractivity contribution in [2.75, 3.05) is 6.61 Å². The van der Waals surface area contributed by atoms with Gasteiger partial charge in [0.2, 0.25) is 0 Å². The summed E-state index contributed by atoms with van der Waals surface area (Å²) < 4.78 is 11.3. The zero-order valence-corrected chi connectivity index (χ0v) is 9.19. The summed E-state index contributed by atoms with van der Waals surface area (Å²) in [6, 6.07) is 10.3. The zero-order valence-electron chi connectivity index (χ0n) is 9.19. The summed E-state index contributed by atoms with van der Waals surface area (Å²) in [5, 5.41) is 0. The van der Waals surface area contributed by atoms with Crippen LogP contribution in [0, 0.1) is 0 Å². The molecule has 1 aliphatic heterocycles. The molecular formula is C13H18O2. The number of benzene rings is 1. The molecule has 15 heavy (non-hydrogen) atoms. The molecule has 0 spiro atoms. The molecule has 2 rings (SSSR count). The Balaban J connectivity index is 1.78. The standard InChI is InChI=1S/C13H18O2/c1-11-9-13(7-8-14-11)15-10-12-5-3-2-4-6-12/h2-6,11,13H,7-10H2,1H3. The van der Waals surface area contributed by atoms with Crippen LogP contribution in [-0.4, -0.2) is 18.8 Å². The Morgan fingerprint density at radius 1 is 1.33 bits per heavy atom. The lowest BCUT2D eigenvalue weighted by Crippen LogP contribution is -2.28. The number of ether oxygens (including phenoxy) is 2. The predicted molar refractivity (Wildman–Crippen MR) is 59.7 cm³/mol. The van der Waals surface area contributed by atoms with Gasteiger partial charge in [-0.05, 0) is 25.3 Å². The summed E-state index contributed by atoms with van der Waals surface area (Å²) in [6.45, 7) is 3.66. The van der Waals surface area contributed by atoms with Crippen LogP contribution in [0.15, 0.2) is 30.3 Å². The Morgan fingerprint density at radius 3 is 2.87 bits per heavy atom. The molecule has 0 amide bonds. The predicted octanol–water partition coefficient (Wildman–Crippen LogP) is 2.77. The van der Waals surface area contributed by atoms with Crippen LogP contribution in [0.2, 0.25) is 0 Å². The van der Waals surface area contributed by atoms with Crippen LogP contribution >= 0.6 is 0 Å². The molecule has 2 nitrogen and oxygen atoms in total. The van der Waals surface area contributed by atoms with Gasteiger partial charge in [-0.25, -0.2) is 0 Å². The lowest BCUT2D eigenvalue weighted by Gasteiger charge is -2.27. The van der Waals surface area contributed by atoms with Crippen LogP contribution in [0.3, 0.4) is 0 Å². The SMILES string of the molecule is CC1CC(OCc2ccccc2)CCO1. The van der Waals surface area contributed by atoms with Gasteiger partial charge in [0.05, 0.1) is 18.8 Å². The maximum atomic E-state index is 5.86. The third-order valence-electron chi connectivity index (χ3n) is 2.77. The van der Waals surface area contributed by atoms with Crippen LogP contribution in [0.4, 0.5) is 0 Å². The van der Waals surface area contributed by atoms with Gasteiger partial charge in [-0.3, -0.25) is 0 Å². The fourth-order valence-corrected chi connectivity index (χ4v) is 1.90. The quantitative estimate of drug-likeness (QED) is 0.757. The Labute approximate surface area is 91.2 Å². The average Bonchev–Trinajstić information content (AvgIpc) is 2.28. The van der Waals surface area contributed by atoms with E-state index in [1.165, 1.54) is 5.56 Å². The van der Waals surface area contributed by atoms with Gasteiger partial charge < -0.3 is 9.47 Å². The normalized spacial score (nSPS) is 26.5. The first kappa shape index (κ1) is 10.7. The van der Waals surface area contributed by atoms with Crippen LogP contribution in [0.1, 0.15) is 25.3 Å². The molecule has 1 heterocycles. The van der Waals surface area contributed by atoms with Crippen molar-refractivity contribution < 1.29 is 9.47 Å². The Hall–Kier alpha value is -0.860. The Bertz CT molecular complexity index is 284. The molecule has 1 aromatic carbocycles. The molecule has 1 fully saturated rings. The zero-order chi connectivity index (χ0) is 10.5. The van der Waals surface area contributed by atoms with E-state index in [9.17, 15) is 0 Å². The maximum absolute atomic E-state index is 5.86. The lowest BCUT2D eigenvalue weighted by molar-refractivity contribution is -0.0711. The molecule has 0 aromatic heterocycles. The van der Waals surface area contributed by atoms with E-state index in [-0.39, 0.29) is 0 Å². The van der Waals surface area contributed by atoms with Crippen molar-refractivity contribution in [2.24, 2.45) is 0 Å². The molecule has 2 heteroatoms.